The molecular formula is C13H22MgN2O3. The normalized spacial score (nSPS) is 9.11. The van der Waals surface area contributed by atoms with Gasteiger partial charge in [-0.3, -0.25) is 0 Å². The molecule has 0 aromatic carbocycles. The molecule has 0 unspecified atom stereocenters. The summed E-state index contributed by atoms with van der Waals surface area (Å²) in [6.07, 6.45) is 4.63. The van der Waals surface area contributed by atoms with E-state index < -0.39 is 5.97 Å². The molecule has 0 atom stereocenters. The predicted octanol–water partition coefficient (Wildman–Crippen LogP) is 2.01. The van der Waals surface area contributed by atoms with E-state index in [1.54, 1.807) is 18.4 Å². The Hall–Kier alpha value is -0.594. The second-order valence-electron chi connectivity index (χ2n) is 3.47. The average Bonchev–Trinajstić information content (AvgIpc) is 2.69. The van der Waals surface area contributed by atoms with E-state index >= 15 is 0 Å². The number of imidazole rings is 1. The Morgan fingerprint density at radius 3 is 2.42 bits per heavy atom. The number of carbonyl (C=O) groups excluding carboxylic acids is 1. The molecule has 0 radical (unpaired) electrons. The molecular weight excluding hydrogens is 256 g/mol. The SMILES string of the molecule is CCOCn1c(C(=O)OCC)[c-]nc1C.C[CH-]C.[Mg+2]. The molecule has 0 aliphatic rings. The first-order valence-electron chi connectivity index (χ1n) is 6.05. The summed E-state index contributed by atoms with van der Waals surface area (Å²) in [5, 5.41) is 0. The van der Waals surface area contributed by atoms with E-state index in [1.807, 2.05) is 27.2 Å². The monoisotopic (exact) mass is 278 g/mol. The number of aromatic nitrogens is 2. The van der Waals surface area contributed by atoms with Crippen LogP contribution in [0.2, 0.25) is 0 Å². The van der Waals surface area contributed by atoms with Gasteiger partial charge in [-0.05, 0) is 20.0 Å². The van der Waals surface area contributed by atoms with Crippen LogP contribution >= 0.6 is 0 Å². The van der Waals surface area contributed by atoms with Crippen molar-refractivity contribution in [3.63, 3.8) is 0 Å². The first kappa shape index (κ1) is 20.7. The molecule has 19 heavy (non-hydrogen) atoms. The molecule has 0 fully saturated rings. The number of carbonyl (C=O) groups is 1. The Morgan fingerprint density at radius 1 is 1.37 bits per heavy atom. The van der Waals surface area contributed by atoms with E-state index in [4.69, 9.17) is 9.47 Å². The number of aryl methyl sites for hydroxylation is 1. The molecule has 0 aliphatic heterocycles. The van der Waals surface area contributed by atoms with Crippen LogP contribution in [0.3, 0.4) is 0 Å². The molecule has 0 aliphatic carbocycles. The van der Waals surface area contributed by atoms with E-state index in [-0.39, 0.29) is 23.1 Å². The number of hydrogen-bond donors (Lipinski definition) is 0. The summed E-state index contributed by atoms with van der Waals surface area (Å²) in [6, 6.07) is 0. The van der Waals surface area contributed by atoms with Crippen LogP contribution in [-0.4, -0.2) is 51.8 Å². The molecule has 0 amide bonds. The summed E-state index contributed by atoms with van der Waals surface area (Å²) in [6.45, 7) is 10.7. The maximum Gasteiger partial charge on any atom is 2.00 e. The molecule has 104 valence electrons. The van der Waals surface area contributed by atoms with Crippen LogP contribution in [0.25, 0.3) is 0 Å². The van der Waals surface area contributed by atoms with Gasteiger partial charge in [0.1, 0.15) is 6.73 Å². The zero-order chi connectivity index (χ0) is 14.0. The second kappa shape index (κ2) is 12.4. The van der Waals surface area contributed by atoms with Crippen molar-refractivity contribution < 1.29 is 14.3 Å². The fourth-order valence-corrected chi connectivity index (χ4v) is 1.11. The zero-order valence-electron chi connectivity index (χ0n) is 12.5. The van der Waals surface area contributed by atoms with Crippen LogP contribution in [0, 0.1) is 19.5 Å². The largest absolute Gasteiger partial charge is 2.00 e. The van der Waals surface area contributed by atoms with Gasteiger partial charge in [-0.25, -0.2) is 0 Å². The van der Waals surface area contributed by atoms with Crippen molar-refractivity contribution in [3.05, 3.63) is 24.1 Å². The van der Waals surface area contributed by atoms with Gasteiger partial charge in [0.15, 0.2) is 0 Å². The minimum atomic E-state index is -0.419. The van der Waals surface area contributed by atoms with Crippen LogP contribution in [0.1, 0.15) is 44.0 Å². The van der Waals surface area contributed by atoms with Crippen LogP contribution in [0.5, 0.6) is 0 Å². The Balaban J connectivity index is 0. The van der Waals surface area contributed by atoms with Crippen molar-refractivity contribution in [2.24, 2.45) is 0 Å². The molecule has 1 aromatic heterocycles. The van der Waals surface area contributed by atoms with Crippen molar-refractivity contribution in [2.75, 3.05) is 13.2 Å². The number of esters is 1. The molecule has 1 rings (SSSR count). The third-order valence-electron chi connectivity index (χ3n) is 1.88. The summed E-state index contributed by atoms with van der Waals surface area (Å²) >= 11 is 0. The van der Waals surface area contributed by atoms with Gasteiger partial charge in [0.25, 0.3) is 0 Å². The molecule has 1 aromatic rings. The van der Waals surface area contributed by atoms with Crippen molar-refractivity contribution in [1.82, 2.24) is 9.55 Å². The van der Waals surface area contributed by atoms with E-state index in [2.05, 4.69) is 11.2 Å². The summed E-state index contributed by atoms with van der Waals surface area (Å²) in [5.41, 5.74) is 0.308. The predicted molar refractivity (Wildman–Crippen MR) is 74.8 cm³/mol. The fraction of sp³-hybridized carbons (Fsp3) is 0.615. The molecule has 1 heterocycles. The topological polar surface area (TPSA) is 53.4 Å². The minimum Gasteiger partial charge on any atom is -0.518 e. The average molecular weight is 279 g/mol. The van der Waals surface area contributed by atoms with Crippen molar-refractivity contribution in [2.45, 2.75) is 41.3 Å². The summed E-state index contributed by atoms with van der Waals surface area (Å²) < 4.78 is 11.7. The Bertz CT molecular complexity index is 354. The molecule has 0 N–H and O–H groups in total. The van der Waals surface area contributed by atoms with Gasteiger partial charge in [0.05, 0.1) is 6.61 Å². The van der Waals surface area contributed by atoms with E-state index in [9.17, 15) is 4.79 Å². The maximum absolute atomic E-state index is 11.5. The molecule has 0 bridgehead atoms. The van der Waals surface area contributed by atoms with Crippen LogP contribution in [0.15, 0.2) is 0 Å². The number of nitrogens with zero attached hydrogens (tertiary/aromatic N) is 2. The van der Waals surface area contributed by atoms with Crippen molar-refractivity contribution in [3.8, 4) is 0 Å². The number of hydrogen-bond acceptors (Lipinski definition) is 4. The molecule has 0 saturated heterocycles. The summed E-state index contributed by atoms with van der Waals surface area (Å²) in [4.78, 5) is 15.4. The molecule has 6 heteroatoms. The second-order valence-corrected chi connectivity index (χ2v) is 3.47. The molecule has 0 saturated carbocycles. The fourth-order valence-electron chi connectivity index (χ4n) is 1.11. The molecule has 0 spiro atoms. The van der Waals surface area contributed by atoms with Gasteiger partial charge < -0.3 is 30.2 Å². The van der Waals surface area contributed by atoms with E-state index in [0.717, 1.165) is 0 Å². The van der Waals surface area contributed by atoms with Gasteiger partial charge in [-0.15, -0.1) is 0 Å². The standard InChI is InChI=1S/C10H15N2O3.C3H7.Mg/c1-4-14-7-12-8(3)11-6-9(12)10(13)15-5-2;1-3-2;/h4-5,7H2,1-3H3;3H,1-2H3;/q2*-1;+2. The number of rotatable bonds is 5. The van der Waals surface area contributed by atoms with Gasteiger partial charge >= 0.3 is 23.1 Å². The zero-order valence-corrected chi connectivity index (χ0v) is 13.9. The Kier molecular flexibility index (Phi) is 13.6. The first-order valence-corrected chi connectivity index (χ1v) is 6.05. The maximum atomic E-state index is 11.5. The minimum absolute atomic E-state index is 0. The van der Waals surface area contributed by atoms with Crippen molar-refractivity contribution in [1.29, 1.82) is 0 Å². The first-order chi connectivity index (χ1) is 8.62. The van der Waals surface area contributed by atoms with E-state index in [1.165, 1.54) is 0 Å². The third kappa shape index (κ3) is 7.54. The molecule has 5 nitrogen and oxygen atoms in total. The van der Waals surface area contributed by atoms with Crippen molar-refractivity contribution >= 4 is 29.0 Å². The van der Waals surface area contributed by atoms with Crippen LogP contribution in [-0.2, 0) is 16.2 Å². The van der Waals surface area contributed by atoms with Gasteiger partial charge in [0.2, 0.25) is 5.97 Å². The number of ether oxygens (including phenoxy) is 2. The summed E-state index contributed by atoms with van der Waals surface area (Å²) in [7, 11) is 0. The van der Waals surface area contributed by atoms with Gasteiger partial charge in [-0.1, -0.05) is 6.92 Å². The van der Waals surface area contributed by atoms with Crippen LogP contribution in [0.4, 0.5) is 0 Å². The smallest absolute Gasteiger partial charge is 0.518 e. The third-order valence-corrected chi connectivity index (χ3v) is 1.88. The van der Waals surface area contributed by atoms with E-state index in [0.29, 0.717) is 31.5 Å². The van der Waals surface area contributed by atoms with Crippen LogP contribution < -0.4 is 0 Å². The Morgan fingerprint density at radius 2 is 1.95 bits per heavy atom. The Labute approximate surface area is 131 Å². The van der Waals surface area contributed by atoms with Gasteiger partial charge in [0, 0.05) is 18.1 Å². The quantitative estimate of drug-likeness (QED) is 0.470. The van der Waals surface area contributed by atoms with Gasteiger partial charge in [-0.2, -0.15) is 13.8 Å². The summed E-state index contributed by atoms with van der Waals surface area (Å²) in [5.74, 6) is 0.268.